The van der Waals surface area contributed by atoms with Crippen LogP contribution in [-0.4, -0.2) is 39.6 Å². The van der Waals surface area contributed by atoms with Crippen molar-refractivity contribution in [2.24, 2.45) is 0 Å². The molecule has 0 aliphatic heterocycles. The Balaban J connectivity index is 1.80. The standard InChI is InChI=1S/C16H15N5O3/c1-23-13-5-3-4-12(14(13)24-2)15(22)20-11-8-18-16(19-9-11)21-7-6-17-10-21/h3-10H,1-2H3,(H,20,22). The second-order valence-electron chi connectivity index (χ2n) is 4.74. The highest BCUT2D eigenvalue weighted by atomic mass is 16.5. The average Bonchev–Trinajstić information content (AvgIpc) is 3.16. The number of amides is 1. The number of nitrogens with one attached hydrogen (secondary N) is 1. The molecule has 2 heterocycles. The Morgan fingerprint density at radius 3 is 2.58 bits per heavy atom. The van der Waals surface area contributed by atoms with E-state index in [1.807, 2.05) is 0 Å². The van der Waals surface area contributed by atoms with Gasteiger partial charge in [-0.15, -0.1) is 0 Å². The quantitative estimate of drug-likeness (QED) is 0.771. The third-order valence-corrected chi connectivity index (χ3v) is 3.28. The minimum absolute atomic E-state index is 0.343. The topological polar surface area (TPSA) is 91.2 Å². The second-order valence-corrected chi connectivity index (χ2v) is 4.74. The van der Waals surface area contributed by atoms with Gasteiger partial charge in [0.25, 0.3) is 5.91 Å². The molecule has 0 atom stereocenters. The van der Waals surface area contributed by atoms with Crippen molar-refractivity contribution in [3.8, 4) is 17.4 Å². The molecule has 1 aromatic carbocycles. The van der Waals surface area contributed by atoms with Gasteiger partial charge in [-0.25, -0.2) is 15.0 Å². The van der Waals surface area contributed by atoms with E-state index in [1.54, 1.807) is 41.5 Å². The van der Waals surface area contributed by atoms with Crippen LogP contribution in [0.25, 0.3) is 5.95 Å². The predicted octanol–water partition coefficient (Wildman–Crippen LogP) is 1.93. The smallest absolute Gasteiger partial charge is 0.259 e. The third-order valence-electron chi connectivity index (χ3n) is 3.28. The first-order valence-electron chi connectivity index (χ1n) is 7.05. The summed E-state index contributed by atoms with van der Waals surface area (Å²) in [5.41, 5.74) is 0.823. The fourth-order valence-corrected chi connectivity index (χ4v) is 2.16. The fraction of sp³-hybridized carbons (Fsp3) is 0.125. The van der Waals surface area contributed by atoms with Crippen LogP contribution in [0.5, 0.6) is 11.5 Å². The monoisotopic (exact) mass is 325 g/mol. The van der Waals surface area contributed by atoms with Crippen LogP contribution in [0.3, 0.4) is 0 Å². The number of carbonyl (C=O) groups excluding carboxylic acids is 1. The lowest BCUT2D eigenvalue weighted by Crippen LogP contribution is -2.14. The number of nitrogens with zero attached hydrogens (tertiary/aromatic N) is 4. The molecule has 8 nitrogen and oxygen atoms in total. The maximum absolute atomic E-state index is 12.5. The lowest BCUT2D eigenvalue weighted by atomic mass is 10.1. The fourth-order valence-electron chi connectivity index (χ4n) is 2.16. The first-order valence-corrected chi connectivity index (χ1v) is 7.05. The number of benzene rings is 1. The van der Waals surface area contributed by atoms with Gasteiger partial charge in [-0.05, 0) is 12.1 Å². The van der Waals surface area contributed by atoms with Gasteiger partial charge < -0.3 is 14.8 Å². The maximum atomic E-state index is 12.5. The Labute approximate surface area is 138 Å². The molecule has 3 aromatic rings. The minimum atomic E-state index is -0.343. The Morgan fingerprint density at radius 1 is 1.17 bits per heavy atom. The van der Waals surface area contributed by atoms with Gasteiger partial charge in [0.15, 0.2) is 11.5 Å². The van der Waals surface area contributed by atoms with Crippen LogP contribution in [0, 0.1) is 0 Å². The van der Waals surface area contributed by atoms with Gasteiger partial charge in [-0.1, -0.05) is 6.07 Å². The van der Waals surface area contributed by atoms with Gasteiger partial charge in [-0.2, -0.15) is 0 Å². The van der Waals surface area contributed by atoms with Crippen molar-refractivity contribution in [2.45, 2.75) is 0 Å². The van der Waals surface area contributed by atoms with Crippen LogP contribution < -0.4 is 14.8 Å². The summed E-state index contributed by atoms with van der Waals surface area (Å²) in [4.78, 5) is 24.8. The number of aromatic nitrogens is 4. The highest BCUT2D eigenvalue weighted by molar-refractivity contribution is 6.06. The average molecular weight is 325 g/mol. The molecule has 0 unspecified atom stereocenters. The van der Waals surface area contributed by atoms with Crippen molar-refractivity contribution in [2.75, 3.05) is 19.5 Å². The highest BCUT2D eigenvalue weighted by Crippen LogP contribution is 2.31. The zero-order valence-electron chi connectivity index (χ0n) is 13.1. The Bertz CT molecular complexity index is 831. The molecule has 0 saturated carbocycles. The van der Waals surface area contributed by atoms with E-state index in [0.29, 0.717) is 28.7 Å². The van der Waals surface area contributed by atoms with Crippen LogP contribution >= 0.6 is 0 Å². The second kappa shape index (κ2) is 6.78. The van der Waals surface area contributed by atoms with Crippen LogP contribution in [0.2, 0.25) is 0 Å². The first kappa shape index (κ1) is 15.5. The van der Waals surface area contributed by atoms with Gasteiger partial charge in [0.2, 0.25) is 5.95 Å². The largest absolute Gasteiger partial charge is 0.493 e. The number of anilines is 1. The van der Waals surface area contributed by atoms with E-state index in [2.05, 4.69) is 20.3 Å². The van der Waals surface area contributed by atoms with Crippen molar-refractivity contribution in [1.29, 1.82) is 0 Å². The van der Waals surface area contributed by atoms with Crippen LogP contribution in [0.1, 0.15) is 10.4 Å². The first-order chi connectivity index (χ1) is 11.7. The van der Waals surface area contributed by atoms with Gasteiger partial charge in [0, 0.05) is 12.4 Å². The van der Waals surface area contributed by atoms with E-state index in [-0.39, 0.29) is 5.91 Å². The summed E-state index contributed by atoms with van der Waals surface area (Å²) in [6.07, 6.45) is 8.00. The molecular weight excluding hydrogens is 310 g/mol. The van der Waals surface area contributed by atoms with E-state index in [9.17, 15) is 4.79 Å². The third kappa shape index (κ3) is 3.02. The molecule has 1 amide bonds. The summed E-state index contributed by atoms with van der Waals surface area (Å²) in [7, 11) is 3.00. The van der Waals surface area contributed by atoms with E-state index in [4.69, 9.17) is 9.47 Å². The number of imidazole rings is 1. The van der Waals surface area contributed by atoms with Crippen molar-refractivity contribution in [3.63, 3.8) is 0 Å². The molecule has 0 spiro atoms. The summed E-state index contributed by atoms with van der Waals surface area (Å²) in [5, 5.41) is 2.73. The summed E-state index contributed by atoms with van der Waals surface area (Å²) in [5.74, 6) is 0.972. The molecule has 0 fully saturated rings. The number of ether oxygens (including phenoxy) is 2. The SMILES string of the molecule is COc1cccc(C(=O)Nc2cnc(-n3ccnc3)nc2)c1OC. The van der Waals surface area contributed by atoms with Crippen LogP contribution in [0.4, 0.5) is 5.69 Å². The molecule has 0 saturated heterocycles. The Morgan fingerprint density at radius 2 is 1.96 bits per heavy atom. The van der Waals surface area contributed by atoms with Gasteiger partial charge in [0.05, 0.1) is 37.9 Å². The normalized spacial score (nSPS) is 10.2. The number of carbonyl (C=O) groups is 1. The van der Waals surface area contributed by atoms with Gasteiger partial charge in [0.1, 0.15) is 6.33 Å². The van der Waals surface area contributed by atoms with E-state index < -0.39 is 0 Å². The number of rotatable bonds is 5. The summed E-state index contributed by atoms with van der Waals surface area (Å²) < 4.78 is 12.1. The van der Waals surface area contributed by atoms with Gasteiger partial charge >= 0.3 is 0 Å². The maximum Gasteiger partial charge on any atom is 0.259 e. The van der Waals surface area contributed by atoms with Gasteiger partial charge in [-0.3, -0.25) is 9.36 Å². The zero-order chi connectivity index (χ0) is 16.9. The van der Waals surface area contributed by atoms with Crippen molar-refractivity contribution in [1.82, 2.24) is 19.5 Å². The Hall–Kier alpha value is -3.42. The molecule has 8 heteroatoms. The molecule has 3 rings (SSSR count). The lowest BCUT2D eigenvalue weighted by molar-refractivity contribution is 0.102. The summed E-state index contributed by atoms with van der Waals surface area (Å²) in [6.45, 7) is 0. The number of para-hydroxylation sites is 1. The minimum Gasteiger partial charge on any atom is -0.493 e. The predicted molar refractivity (Wildman–Crippen MR) is 86.7 cm³/mol. The molecule has 2 aromatic heterocycles. The number of methoxy groups -OCH3 is 2. The van der Waals surface area contributed by atoms with Crippen molar-refractivity contribution >= 4 is 11.6 Å². The molecule has 0 radical (unpaired) electrons. The van der Waals surface area contributed by atoms with E-state index in [0.717, 1.165) is 0 Å². The number of hydrogen-bond acceptors (Lipinski definition) is 6. The molecule has 0 aliphatic carbocycles. The molecule has 0 bridgehead atoms. The highest BCUT2D eigenvalue weighted by Gasteiger charge is 2.16. The van der Waals surface area contributed by atoms with E-state index >= 15 is 0 Å². The molecule has 0 aliphatic rings. The van der Waals surface area contributed by atoms with Crippen molar-refractivity contribution in [3.05, 3.63) is 54.9 Å². The molecule has 24 heavy (non-hydrogen) atoms. The lowest BCUT2D eigenvalue weighted by Gasteiger charge is -2.12. The summed E-state index contributed by atoms with van der Waals surface area (Å²) >= 11 is 0. The van der Waals surface area contributed by atoms with Crippen LogP contribution in [-0.2, 0) is 0 Å². The molecular formula is C16H15N5O3. The van der Waals surface area contributed by atoms with E-state index in [1.165, 1.54) is 26.6 Å². The molecule has 122 valence electrons. The number of hydrogen-bond donors (Lipinski definition) is 1. The Kier molecular flexibility index (Phi) is 4.37. The summed E-state index contributed by atoms with van der Waals surface area (Å²) in [6, 6.07) is 5.09. The van der Waals surface area contributed by atoms with Crippen LogP contribution in [0.15, 0.2) is 49.3 Å². The van der Waals surface area contributed by atoms with Crippen molar-refractivity contribution < 1.29 is 14.3 Å². The zero-order valence-corrected chi connectivity index (χ0v) is 13.1. The molecule has 1 N–H and O–H groups in total.